The summed E-state index contributed by atoms with van der Waals surface area (Å²) >= 11 is 3.14. The molecular formula is C10H9BrF2N2O2. The molecule has 7 heteroatoms. The third-order valence-electron chi connectivity index (χ3n) is 2.23. The van der Waals surface area contributed by atoms with Crippen molar-refractivity contribution < 1.29 is 21.4 Å². The van der Waals surface area contributed by atoms with E-state index in [0.717, 1.165) is 0 Å². The van der Waals surface area contributed by atoms with Crippen LogP contribution in [0.4, 0.5) is 8.78 Å². The Kier molecular flexibility index (Phi) is 2.63. The first kappa shape index (κ1) is 9.78. The summed E-state index contributed by atoms with van der Waals surface area (Å²) < 4.78 is 45.2. The topological polar surface area (TPSA) is 47.3 Å². The van der Waals surface area contributed by atoms with Crippen LogP contribution in [0.25, 0.3) is 11.0 Å². The molecule has 1 N–H and O–H groups in total. The highest BCUT2D eigenvalue weighted by Gasteiger charge is 2.15. The van der Waals surface area contributed by atoms with Crippen LogP contribution in [-0.4, -0.2) is 21.3 Å². The molecule has 0 aliphatic rings. The summed E-state index contributed by atoms with van der Waals surface area (Å²) in [6.07, 6.45) is 0. The van der Waals surface area contributed by atoms with Crippen molar-refractivity contribution in [1.82, 2.24) is 9.55 Å². The lowest BCUT2D eigenvalue weighted by atomic mass is 10.3. The molecule has 1 heterocycles. The van der Waals surface area contributed by atoms with Crippen LogP contribution in [-0.2, 0) is 13.6 Å². The Morgan fingerprint density at radius 2 is 2.35 bits per heavy atom. The van der Waals surface area contributed by atoms with Gasteiger partial charge in [-0.3, -0.25) is 0 Å². The second-order valence-corrected chi connectivity index (χ2v) is 4.17. The quantitative estimate of drug-likeness (QED) is 0.947. The highest BCUT2D eigenvalue weighted by molar-refractivity contribution is 9.10. The minimum absolute atomic E-state index is 0.0546. The average molecular weight is 309 g/mol. The molecule has 0 unspecified atom stereocenters. The fraction of sp³-hybridized carbons (Fsp3) is 0.300. The number of benzene rings is 1. The third kappa shape index (κ3) is 2.25. The number of aryl methyl sites for hydroxylation is 1. The zero-order valence-corrected chi connectivity index (χ0v) is 10.2. The number of imidazole rings is 1. The molecule has 2 rings (SSSR count). The maximum absolute atomic E-state index is 12.3. The van der Waals surface area contributed by atoms with Gasteiger partial charge in [0.1, 0.15) is 17.9 Å². The molecule has 0 spiro atoms. The Balaban J connectivity index is 2.71. The molecule has 0 aliphatic carbocycles. The summed E-state index contributed by atoms with van der Waals surface area (Å²) in [5.41, 5.74) is 0.414. The van der Waals surface area contributed by atoms with E-state index in [9.17, 15) is 13.9 Å². The van der Waals surface area contributed by atoms with E-state index in [2.05, 4.69) is 25.7 Å². The van der Waals surface area contributed by atoms with Gasteiger partial charge in [0, 0.05) is 11.5 Å². The van der Waals surface area contributed by atoms with E-state index in [1.54, 1.807) is 6.07 Å². The molecule has 0 saturated heterocycles. The number of rotatable bonds is 3. The van der Waals surface area contributed by atoms with Gasteiger partial charge in [-0.15, -0.1) is 0 Å². The van der Waals surface area contributed by atoms with Crippen molar-refractivity contribution in [2.24, 2.45) is 7.05 Å². The van der Waals surface area contributed by atoms with Crippen LogP contribution >= 0.6 is 15.9 Å². The summed E-state index contributed by atoms with van der Waals surface area (Å²) in [4.78, 5) is 3.84. The first-order valence-electron chi connectivity index (χ1n) is 5.54. The van der Waals surface area contributed by atoms with Gasteiger partial charge in [0.25, 0.3) is 0 Å². The minimum Gasteiger partial charge on any atom is -0.432 e. The van der Waals surface area contributed by atoms with E-state index in [4.69, 9.17) is 2.74 Å². The maximum Gasteiger partial charge on any atom is 0.387 e. The third-order valence-corrected chi connectivity index (χ3v) is 2.69. The molecular weight excluding hydrogens is 298 g/mol. The van der Waals surface area contributed by atoms with Crippen molar-refractivity contribution in [1.29, 1.82) is 0 Å². The fourth-order valence-electron chi connectivity index (χ4n) is 1.51. The molecule has 1 aromatic heterocycles. The second kappa shape index (κ2) is 4.58. The van der Waals surface area contributed by atoms with Crippen LogP contribution in [0.1, 0.15) is 8.57 Å². The van der Waals surface area contributed by atoms with E-state index < -0.39 is 13.2 Å². The normalized spacial score (nSPS) is 14.0. The van der Waals surface area contributed by atoms with Crippen LogP contribution in [0.2, 0.25) is 0 Å². The van der Waals surface area contributed by atoms with E-state index in [1.165, 1.54) is 17.7 Å². The molecule has 0 fully saturated rings. The number of nitrogens with zero attached hydrogens (tertiary/aromatic N) is 2. The van der Waals surface area contributed by atoms with E-state index in [0.29, 0.717) is 9.99 Å². The van der Waals surface area contributed by atoms with Crippen molar-refractivity contribution in [2.75, 3.05) is 0 Å². The molecule has 92 valence electrons. The molecule has 0 amide bonds. The first-order valence-corrected chi connectivity index (χ1v) is 5.33. The van der Waals surface area contributed by atoms with Gasteiger partial charge in [0.2, 0.25) is 0 Å². The van der Waals surface area contributed by atoms with Crippen LogP contribution in [0.5, 0.6) is 5.75 Å². The van der Waals surface area contributed by atoms with Crippen LogP contribution in [0, 0.1) is 0 Å². The van der Waals surface area contributed by atoms with E-state index in [1.807, 2.05) is 0 Å². The van der Waals surface area contributed by atoms with Gasteiger partial charge in [-0.05, 0) is 12.1 Å². The molecule has 0 aliphatic heterocycles. The number of fused-ring (bicyclic) bond motifs is 1. The van der Waals surface area contributed by atoms with Crippen molar-refractivity contribution >= 4 is 27.0 Å². The Morgan fingerprint density at radius 3 is 2.94 bits per heavy atom. The highest BCUT2D eigenvalue weighted by atomic mass is 79.9. The summed E-state index contributed by atoms with van der Waals surface area (Å²) in [6, 6.07) is 2.87. The number of hydrogen-bond donors (Lipinski definition) is 1. The Hall–Kier alpha value is -1.21. The molecule has 4 nitrogen and oxygen atoms in total. The van der Waals surface area contributed by atoms with Crippen molar-refractivity contribution in [3.63, 3.8) is 0 Å². The number of hydrogen-bond acceptors (Lipinski definition) is 3. The van der Waals surface area contributed by atoms with Gasteiger partial charge in [-0.1, -0.05) is 15.9 Å². The summed E-state index contributed by atoms with van der Waals surface area (Å²) in [7, 11) is 1.47. The Morgan fingerprint density at radius 1 is 1.65 bits per heavy atom. The lowest BCUT2D eigenvalue weighted by molar-refractivity contribution is -0.0489. The van der Waals surface area contributed by atoms with Gasteiger partial charge in [0.15, 0.2) is 5.75 Å². The van der Waals surface area contributed by atoms with Gasteiger partial charge in [0.05, 0.1) is 8.26 Å². The van der Waals surface area contributed by atoms with Gasteiger partial charge < -0.3 is 14.4 Å². The fourth-order valence-corrected chi connectivity index (χ4v) is 1.93. The first-order chi connectivity index (χ1) is 8.70. The van der Waals surface area contributed by atoms with Crippen molar-refractivity contribution in [2.45, 2.75) is 13.2 Å². The molecule has 0 radical (unpaired) electrons. The van der Waals surface area contributed by atoms with Crippen LogP contribution in [0.3, 0.4) is 0 Å². The number of ether oxygens (including phenoxy) is 1. The molecule has 2 aromatic rings. The zero-order chi connectivity index (χ0) is 14.4. The Bertz CT molecular complexity index is 628. The molecule has 1 aromatic carbocycles. The number of aromatic nitrogens is 2. The van der Waals surface area contributed by atoms with Gasteiger partial charge in [-0.25, -0.2) is 4.98 Å². The summed E-state index contributed by atoms with van der Waals surface area (Å²) in [5.74, 6) is -0.481. The highest BCUT2D eigenvalue weighted by Crippen LogP contribution is 2.31. The van der Waals surface area contributed by atoms with E-state index >= 15 is 0 Å². The summed E-state index contributed by atoms with van der Waals surface area (Å²) in [6.45, 7) is -5.70. The number of aliphatic hydroxyl groups is 1. The van der Waals surface area contributed by atoms with Crippen molar-refractivity contribution in [3.05, 3.63) is 22.4 Å². The minimum atomic E-state index is -3.02. The maximum atomic E-state index is 12.3. The molecule has 17 heavy (non-hydrogen) atoms. The van der Waals surface area contributed by atoms with Gasteiger partial charge in [-0.2, -0.15) is 8.78 Å². The predicted molar refractivity (Wildman–Crippen MR) is 61.0 cm³/mol. The second-order valence-electron chi connectivity index (χ2n) is 3.26. The SMILES string of the molecule is [2H]C([2H])(O)c1nc2c(OC(F)F)cc(Br)cc2n1C. The number of alkyl halides is 2. The van der Waals surface area contributed by atoms with Crippen LogP contribution < -0.4 is 4.74 Å². The standard InChI is InChI=1S/C10H9BrF2N2O2/c1-15-6-2-5(11)3-7(17-10(12)13)9(6)14-8(15)4-16/h2-3,10,16H,4H2,1H3/i4D2. The average Bonchev–Trinajstić information content (AvgIpc) is 2.55. The number of halogens is 3. The smallest absolute Gasteiger partial charge is 0.387 e. The predicted octanol–water partition coefficient (Wildman–Crippen LogP) is 2.43. The monoisotopic (exact) mass is 308 g/mol. The van der Waals surface area contributed by atoms with E-state index in [-0.39, 0.29) is 17.1 Å². The zero-order valence-electron chi connectivity index (χ0n) is 10.6. The molecule has 0 bridgehead atoms. The van der Waals surface area contributed by atoms with Crippen molar-refractivity contribution in [3.8, 4) is 5.75 Å². The molecule has 0 saturated carbocycles. The molecule has 0 atom stereocenters. The lowest BCUT2D eigenvalue weighted by Gasteiger charge is -2.06. The lowest BCUT2D eigenvalue weighted by Crippen LogP contribution is -2.02. The van der Waals surface area contributed by atoms with Gasteiger partial charge >= 0.3 is 6.61 Å². The summed E-state index contributed by atoms with van der Waals surface area (Å²) in [5, 5.41) is 9.36. The Labute approximate surface area is 107 Å². The van der Waals surface area contributed by atoms with Crippen LogP contribution in [0.15, 0.2) is 16.6 Å². The largest absolute Gasteiger partial charge is 0.432 e.